The second-order valence-corrected chi connectivity index (χ2v) is 7.13. The van der Waals surface area contributed by atoms with Gasteiger partial charge in [-0.1, -0.05) is 24.3 Å². The van der Waals surface area contributed by atoms with Crippen molar-refractivity contribution >= 4 is 17.9 Å². The van der Waals surface area contributed by atoms with E-state index < -0.39 is 35.5 Å². The van der Waals surface area contributed by atoms with Crippen molar-refractivity contribution < 1.29 is 23.5 Å². The van der Waals surface area contributed by atoms with Crippen LogP contribution in [0.15, 0.2) is 48.5 Å². The van der Waals surface area contributed by atoms with E-state index in [1.165, 1.54) is 24.3 Å². The summed E-state index contributed by atoms with van der Waals surface area (Å²) in [4.78, 5) is 38.8. The van der Waals surface area contributed by atoms with Gasteiger partial charge in [0.1, 0.15) is 17.6 Å². The molecule has 0 spiro atoms. The van der Waals surface area contributed by atoms with Crippen molar-refractivity contribution in [3.63, 3.8) is 0 Å². The van der Waals surface area contributed by atoms with Crippen LogP contribution in [-0.2, 0) is 4.74 Å². The van der Waals surface area contributed by atoms with Crippen molar-refractivity contribution in [1.82, 2.24) is 10.2 Å². The topological polar surface area (TPSA) is 75.7 Å². The van der Waals surface area contributed by atoms with E-state index in [2.05, 4.69) is 5.32 Å². The SMILES string of the molecule is CC(C)(C)OC(=O)NC(c1ccc(F)cc1)N1C(=O)c2ccccc2C1=O. The summed E-state index contributed by atoms with van der Waals surface area (Å²) in [6.07, 6.45) is -1.93. The smallest absolute Gasteiger partial charge is 0.409 e. The number of benzene rings is 2. The van der Waals surface area contributed by atoms with Gasteiger partial charge in [0.15, 0.2) is 0 Å². The predicted molar refractivity (Wildman–Crippen MR) is 95.5 cm³/mol. The summed E-state index contributed by atoms with van der Waals surface area (Å²) >= 11 is 0. The fourth-order valence-electron chi connectivity index (χ4n) is 2.80. The Morgan fingerprint density at radius 2 is 1.52 bits per heavy atom. The molecule has 1 aliphatic rings. The van der Waals surface area contributed by atoms with Gasteiger partial charge in [0, 0.05) is 0 Å². The number of hydrogen-bond donors (Lipinski definition) is 1. The predicted octanol–water partition coefficient (Wildman–Crippen LogP) is 3.65. The minimum absolute atomic E-state index is 0.251. The van der Waals surface area contributed by atoms with Crippen LogP contribution >= 0.6 is 0 Å². The Balaban J connectivity index is 1.98. The number of carbonyl (C=O) groups is 3. The summed E-state index contributed by atoms with van der Waals surface area (Å²) in [5, 5.41) is 2.55. The number of alkyl carbamates (subject to hydrolysis) is 1. The molecule has 1 heterocycles. The number of rotatable bonds is 3. The third-order valence-corrected chi connectivity index (χ3v) is 3.92. The Morgan fingerprint density at radius 3 is 2.00 bits per heavy atom. The van der Waals surface area contributed by atoms with Crippen LogP contribution in [0.1, 0.15) is 53.2 Å². The molecule has 1 atom stereocenters. The minimum Gasteiger partial charge on any atom is -0.444 e. The fraction of sp³-hybridized carbons (Fsp3) is 0.250. The monoisotopic (exact) mass is 370 g/mol. The first-order chi connectivity index (χ1) is 12.7. The molecule has 0 aliphatic carbocycles. The molecule has 27 heavy (non-hydrogen) atoms. The molecule has 6 nitrogen and oxygen atoms in total. The Hall–Kier alpha value is -3.22. The molecule has 2 aromatic rings. The number of ether oxygens (including phenoxy) is 1. The first kappa shape index (κ1) is 18.6. The Kier molecular flexibility index (Phi) is 4.70. The van der Waals surface area contributed by atoms with Gasteiger partial charge in [-0.3, -0.25) is 14.9 Å². The first-order valence-electron chi connectivity index (χ1n) is 8.39. The van der Waals surface area contributed by atoms with Crippen LogP contribution in [0.25, 0.3) is 0 Å². The highest BCUT2D eigenvalue weighted by atomic mass is 19.1. The van der Waals surface area contributed by atoms with Crippen LogP contribution in [0, 0.1) is 5.82 Å². The number of nitrogens with one attached hydrogen (secondary N) is 1. The van der Waals surface area contributed by atoms with Gasteiger partial charge in [-0.15, -0.1) is 0 Å². The van der Waals surface area contributed by atoms with Crippen LogP contribution in [0.2, 0.25) is 0 Å². The maximum absolute atomic E-state index is 13.3. The molecular formula is C20H19FN2O4. The van der Waals surface area contributed by atoms with Crippen molar-refractivity contribution in [2.45, 2.75) is 32.5 Å². The van der Waals surface area contributed by atoms with Gasteiger partial charge in [-0.05, 0) is 50.6 Å². The van der Waals surface area contributed by atoms with E-state index in [9.17, 15) is 18.8 Å². The molecule has 3 amide bonds. The molecule has 0 saturated carbocycles. The third-order valence-electron chi connectivity index (χ3n) is 3.92. The van der Waals surface area contributed by atoms with Gasteiger partial charge < -0.3 is 4.74 Å². The van der Waals surface area contributed by atoms with Crippen LogP contribution in [-0.4, -0.2) is 28.4 Å². The van der Waals surface area contributed by atoms with Crippen molar-refractivity contribution in [3.05, 3.63) is 71.0 Å². The highest BCUT2D eigenvalue weighted by Gasteiger charge is 2.41. The lowest BCUT2D eigenvalue weighted by Crippen LogP contribution is -2.45. The molecular weight excluding hydrogens is 351 g/mol. The maximum atomic E-state index is 13.3. The molecule has 0 fully saturated rings. The van der Waals surface area contributed by atoms with E-state index in [1.807, 2.05) is 0 Å². The summed E-state index contributed by atoms with van der Waals surface area (Å²) in [5.41, 5.74) is 0.109. The normalized spacial score (nSPS) is 14.7. The molecule has 0 aromatic heterocycles. The number of fused-ring (bicyclic) bond motifs is 1. The van der Waals surface area contributed by atoms with E-state index >= 15 is 0 Å². The Labute approximate surface area is 155 Å². The van der Waals surface area contributed by atoms with Crippen molar-refractivity contribution in [1.29, 1.82) is 0 Å². The lowest BCUT2D eigenvalue weighted by atomic mass is 10.1. The number of imide groups is 1. The molecule has 140 valence electrons. The molecule has 1 aliphatic heterocycles. The molecule has 0 bridgehead atoms. The van der Waals surface area contributed by atoms with Crippen molar-refractivity contribution in [2.24, 2.45) is 0 Å². The van der Waals surface area contributed by atoms with Gasteiger partial charge in [-0.2, -0.15) is 0 Å². The number of halogens is 1. The molecule has 0 saturated heterocycles. The quantitative estimate of drug-likeness (QED) is 0.837. The molecule has 0 radical (unpaired) electrons. The summed E-state index contributed by atoms with van der Waals surface area (Å²) < 4.78 is 18.6. The van der Waals surface area contributed by atoms with Gasteiger partial charge in [0.2, 0.25) is 0 Å². The summed E-state index contributed by atoms with van der Waals surface area (Å²) in [6.45, 7) is 5.09. The van der Waals surface area contributed by atoms with E-state index in [0.717, 1.165) is 4.90 Å². The maximum Gasteiger partial charge on any atom is 0.409 e. The molecule has 7 heteroatoms. The highest BCUT2D eigenvalue weighted by molar-refractivity contribution is 6.21. The second-order valence-electron chi connectivity index (χ2n) is 7.13. The number of hydrogen-bond acceptors (Lipinski definition) is 4. The van der Waals surface area contributed by atoms with Crippen LogP contribution in [0.4, 0.5) is 9.18 Å². The molecule has 3 rings (SSSR count). The molecule has 1 unspecified atom stereocenters. The second kappa shape index (κ2) is 6.83. The molecule has 2 aromatic carbocycles. The lowest BCUT2D eigenvalue weighted by molar-refractivity contribution is 0.0385. The van der Waals surface area contributed by atoms with Gasteiger partial charge in [0.25, 0.3) is 11.8 Å². The number of nitrogens with zero attached hydrogens (tertiary/aromatic N) is 1. The van der Waals surface area contributed by atoms with Crippen molar-refractivity contribution in [2.75, 3.05) is 0 Å². The van der Waals surface area contributed by atoms with Gasteiger partial charge in [-0.25, -0.2) is 14.1 Å². The number of amides is 3. The first-order valence-corrected chi connectivity index (χ1v) is 8.39. The minimum atomic E-state index is -1.13. The summed E-state index contributed by atoms with van der Waals surface area (Å²) in [5.74, 6) is -1.56. The summed E-state index contributed by atoms with van der Waals surface area (Å²) in [6, 6.07) is 11.6. The van der Waals surface area contributed by atoms with Gasteiger partial charge >= 0.3 is 6.09 Å². The standard InChI is InChI=1S/C20H19FN2O4/c1-20(2,3)27-19(26)22-16(12-8-10-13(21)11-9-12)23-17(24)14-6-4-5-7-15(14)18(23)25/h4-11,16H,1-3H3,(H,22,26). The zero-order chi connectivity index (χ0) is 19.8. The highest BCUT2D eigenvalue weighted by Crippen LogP contribution is 2.30. The van der Waals surface area contributed by atoms with Crippen LogP contribution in [0.3, 0.4) is 0 Å². The van der Waals surface area contributed by atoms with E-state index in [1.54, 1.807) is 45.0 Å². The Morgan fingerprint density at radius 1 is 1.00 bits per heavy atom. The number of carbonyl (C=O) groups excluding carboxylic acids is 3. The summed E-state index contributed by atoms with van der Waals surface area (Å²) in [7, 11) is 0. The third kappa shape index (κ3) is 3.81. The zero-order valence-electron chi connectivity index (χ0n) is 15.2. The zero-order valence-corrected chi connectivity index (χ0v) is 15.2. The van der Waals surface area contributed by atoms with Crippen LogP contribution in [0.5, 0.6) is 0 Å². The van der Waals surface area contributed by atoms with E-state index in [0.29, 0.717) is 5.56 Å². The van der Waals surface area contributed by atoms with Gasteiger partial charge in [0.05, 0.1) is 11.1 Å². The largest absolute Gasteiger partial charge is 0.444 e. The van der Waals surface area contributed by atoms with Crippen LogP contribution < -0.4 is 5.32 Å². The average molecular weight is 370 g/mol. The van der Waals surface area contributed by atoms with Crippen molar-refractivity contribution in [3.8, 4) is 0 Å². The van der Waals surface area contributed by atoms with E-state index in [4.69, 9.17) is 4.74 Å². The Bertz CT molecular complexity index is 868. The molecule has 1 N–H and O–H groups in total. The van der Waals surface area contributed by atoms with E-state index in [-0.39, 0.29) is 11.1 Å². The fourth-order valence-corrected chi connectivity index (χ4v) is 2.80. The average Bonchev–Trinajstić information content (AvgIpc) is 2.84. The lowest BCUT2D eigenvalue weighted by Gasteiger charge is -2.29.